The zero-order chi connectivity index (χ0) is 17.8. The average molecular weight is 335 g/mol. The fraction of sp³-hybridized carbons (Fsp3) is 0.667. The Morgan fingerprint density at radius 3 is 2.50 bits per heavy atom. The van der Waals surface area contributed by atoms with Crippen molar-refractivity contribution < 1.29 is 19.3 Å². The molecule has 3 amide bonds. The van der Waals surface area contributed by atoms with Gasteiger partial charge in [-0.05, 0) is 0 Å². The molecule has 0 saturated carbocycles. The highest BCUT2D eigenvalue weighted by atomic mass is 16.3. The van der Waals surface area contributed by atoms with Gasteiger partial charge in [0.1, 0.15) is 13.1 Å². The van der Waals surface area contributed by atoms with Gasteiger partial charge in [-0.3, -0.25) is 14.6 Å². The van der Waals surface area contributed by atoms with Crippen LogP contribution in [0.25, 0.3) is 0 Å². The summed E-state index contributed by atoms with van der Waals surface area (Å²) in [4.78, 5) is 31.8. The molecule has 1 atom stereocenters. The number of urea groups is 1. The Balaban J connectivity index is 2.05. The summed E-state index contributed by atoms with van der Waals surface area (Å²) in [6.45, 7) is 6.80. The number of β-amino-alcohol motifs (C(OH)–C–C–N with tert-alkyl or cyclic N) is 1. The zero-order valence-electron chi connectivity index (χ0n) is 14.6. The molecule has 24 heavy (non-hydrogen) atoms. The number of fused-ring (bicyclic) bond motifs is 2. The second kappa shape index (κ2) is 5.37. The van der Waals surface area contributed by atoms with E-state index in [1.807, 2.05) is 4.58 Å². The van der Waals surface area contributed by atoms with E-state index in [0.717, 1.165) is 10.6 Å². The lowest BCUT2D eigenvalue weighted by molar-refractivity contribution is -0.528. The minimum atomic E-state index is -0.637. The maximum atomic E-state index is 12.7. The van der Waals surface area contributed by atoms with Gasteiger partial charge >= 0.3 is 12.0 Å². The van der Waals surface area contributed by atoms with Crippen molar-refractivity contribution in [2.45, 2.75) is 26.8 Å². The first-order valence-corrected chi connectivity index (χ1v) is 7.90. The highest BCUT2D eigenvalue weighted by Gasteiger charge is 2.54. The van der Waals surface area contributed by atoms with Gasteiger partial charge in [-0.15, -0.1) is 10.1 Å². The molecular formula is C15H23N6O3+. The number of hydrazone groups is 1. The van der Waals surface area contributed by atoms with Crippen LogP contribution in [0.3, 0.4) is 0 Å². The summed E-state index contributed by atoms with van der Waals surface area (Å²) >= 11 is 0. The summed E-state index contributed by atoms with van der Waals surface area (Å²) in [6.07, 6.45) is 0. The summed E-state index contributed by atoms with van der Waals surface area (Å²) in [5.74, 6) is 0.609. The third-order valence-corrected chi connectivity index (χ3v) is 4.48. The van der Waals surface area contributed by atoms with Crippen molar-refractivity contribution in [2.24, 2.45) is 15.5 Å². The molecule has 0 aromatic heterocycles. The zero-order valence-corrected chi connectivity index (χ0v) is 14.6. The van der Waals surface area contributed by atoms with E-state index >= 15 is 0 Å². The summed E-state index contributed by atoms with van der Waals surface area (Å²) in [6, 6.07) is -1.04. The maximum Gasteiger partial charge on any atom is 0.416 e. The Morgan fingerprint density at radius 2 is 1.92 bits per heavy atom. The van der Waals surface area contributed by atoms with Crippen molar-refractivity contribution >= 4 is 29.4 Å². The maximum absolute atomic E-state index is 12.7. The minimum Gasteiger partial charge on any atom is -0.393 e. The molecule has 0 spiro atoms. The third-order valence-electron chi connectivity index (χ3n) is 4.48. The molecule has 0 aromatic rings. The number of aliphatic imine (C=N–C) groups is 1. The number of aliphatic hydroxyl groups is 1. The van der Waals surface area contributed by atoms with Gasteiger partial charge in [-0.1, -0.05) is 25.8 Å². The lowest BCUT2D eigenvalue weighted by atomic mass is 9.89. The third kappa shape index (κ3) is 2.31. The number of hydrogen-bond donors (Lipinski definition) is 1. The van der Waals surface area contributed by atoms with Gasteiger partial charge in [0.2, 0.25) is 11.9 Å². The van der Waals surface area contributed by atoms with Crippen LogP contribution in [0.2, 0.25) is 0 Å². The molecule has 9 nitrogen and oxygen atoms in total. The van der Waals surface area contributed by atoms with Crippen molar-refractivity contribution in [3.05, 3.63) is 0 Å². The predicted molar refractivity (Wildman–Crippen MR) is 88.0 cm³/mol. The van der Waals surface area contributed by atoms with E-state index < -0.39 is 12.1 Å². The lowest BCUT2D eigenvalue weighted by Crippen LogP contribution is -2.62. The fourth-order valence-electron chi connectivity index (χ4n) is 2.97. The van der Waals surface area contributed by atoms with E-state index in [0.29, 0.717) is 18.3 Å². The molecule has 3 aliphatic heterocycles. The summed E-state index contributed by atoms with van der Waals surface area (Å²) in [7, 11) is 3.09. The number of guanidine groups is 1. The molecule has 3 rings (SSSR count). The monoisotopic (exact) mass is 335 g/mol. The van der Waals surface area contributed by atoms with Crippen molar-refractivity contribution in [1.29, 1.82) is 0 Å². The van der Waals surface area contributed by atoms with Crippen molar-refractivity contribution in [3.63, 3.8) is 0 Å². The molecule has 3 heterocycles. The van der Waals surface area contributed by atoms with E-state index in [4.69, 9.17) is 0 Å². The molecule has 1 N–H and O–H groups in total. The second-order valence-electron chi connectivity index (χ2n) is 7.18. The number of likely N-dealkylation sites (N-methyl/N-ethyl adjacent to an activating group) is 2. The number of imide groups is 1. The van der Waals surface area contributed by atoms with Gasteiger partial charge in [0.15, 0.2) is 0 Å². The smallest absolute Gasteiger partial charge is 0.393 e. The SMILES string of the molecule is CN1C(=O)C2C(=NC3=[N+]2CC(C(C)(C)C)=NN3CCO)N(C)C1=O. The molecule has 0 bridgehead atoms. The molecule has 1 unspecified atom stereocenters. The van der Waals surface area contributed by atoms with Crippen LogP contribution in [0.4, 0.5) is 4.79 Å². The number of amidine groups is 1. The van der Waals surface area contributed by atoms with E-state index in [1.165, 1.54) is 11.9 Å². The first-order valence-electron chi connectivity index (χ1n) is 7.90. The molecule has 3 aliphatic rings. The standard InChI is InChI=1S/C15H23N6O3/c1-15(2,3)9-8-20-10-11(16-13(20)21(17-9)6-7-22)18(4)14(24)19(5)12(10)23/h10,22H,6-8H2,1-5H3/q+1. The van der Waals surface area contributed by atoms with Gasteiger partial charge in [-0.2, -0.15) is 0 Å². The largest absolute Gasteiger partial charge is 0.416 e. The lowest BCUT2D eigenvalue weighted by Gasteiger charge is -2.33. The normalized spacial score (nSPS) is 24.2. The van der Waals surface area contributed by atoms with Gasteiger partial charge < -0.3 is 5.11 Å². The first-order chi connectivity index (χ1) is 11.2. The first kappa shape index (κ1) is 16.6. The molecule has 9 heteroatoms. The Bertz CT molecular complexity index is 702. The van der Waals surface area contributed by atoms with E-state index in [1.54, 1.807) is 12.1 Å². The van der Waals surface area contributed by atoms with Crippen LogP contribution in [0.5, 0.6) is 0 Å². The minimum absolute atomic E-state index is 0.0869. The van der Waals surface area contributed by atoms with Crippen LogP contribution >= 0.6 is 0 Å². The van der Waals surface area contributed by atoms with Crippen LogP contribution in [-0.4, -0.2) is 93.8 Å². The quantitative estimate of drug-likeness (QED) is 0.680. The number of rotatable bonds is 2. The topological polar surface area (TPSA) is 91.8 Å². The summed E-state index contributed by atoms with van der Waals surface area (Å²) in [5, 5.41) is 15.6. The second-order valence-corrected chi connectivity index (χ2v) is 7.18. The molecule has 0 radical (unpaired) electrons. The van der Waals surface area contributed by atoms with Crippen LogP contribution in [0.1, 0.15) is 20.8 Å². The van der Waals surface area contributed by atoms with Crippen molar-refractivity contribution in [3.8, 4) is 0 Å². The van der Waals surface area contributed by atoms with Gasteiger partial charge in [-0.25, -0.2) is 9.37 Å². The van der Waals surface area contributed by atoms with Crippen LogP contribution in [0.15, 0.2) is 10.1 Å². The Hall–Kier alpha value is -2.29. The number of carbonyl (C=O) groups is 2. The Labute approximate surface area is 140 Å². The molecule has 0 aromatic carbocycles. The van der Waals surface area contributed by atoms with E-state index in [-0.39, 0.29) is 24.5 Å². The number of nitrogens with zero attached hydrogens (tertiary/aromatic N) is 6. The molecule has 0 aliphatic carbocycles. The van der Waals surface area contributed by atoms with Crippen LogP contribution in [-0.2, 0) is 4.79 Å². The molecule has 1 saturated heterocycles. The molecular weight excluding hydrogens is 312 g/mol. The Morgan fingerprint density at radius 1 is 1.25 bits per heavy atom. The molecule has 1 fully saturated rings. The predicted octanol–water partition coefficient (Wildman–Crippen LogP) is -0.631. The van der Waals surface area contributed by atoms with Gasteiger partial charge in [0, 0.05) is 19.5 Å². The van der Waals surface area contributed by atoms with E-state index in [2.05, 4.69) is 30.9 Å². The van der Waals surface area contributed by atoms with Crippen molar-refractivity contribution in [1.82, 2.24) is 14.8 Å². The highest BCUT2D eigenvalue weighted by Crippen LogP contribution is 2.26. The number of amides is 3. The van der Waals surface area contributed by atoms with Crippen molar-refractivity contribution in [2.75, 3.05) is 33.8 Å². The average Bonchev–Trinajstić information content (AvgIpc) is 2.90. The number of carbonyl (C=O) groups excluding carboxylic acids is 2. The summed E-state index contributed by atoms with van der Waals surface area (Å²) < 4.78 is 1.86. The number of hydrogen-bond acceptors (Lipinski definition) is 6. The van der Waals surface area contributed by atoms with Gasteiger partial charge in [0.25, 0.3) is 5.91 Å². The molecule has 130 valence electrons. The van der Waals surface area contributed by atoms with Gasteiger partial charge in [0.05, 0.1) is 12.3 Å². The fourth-order valence-corrected chi connectivity index (χ4v) is 2.97. The van der Waals surface area contributed by atoms with Crippen LogP contribution < -0.4 is 0 Å². The Kier molecular flexibility index (Phi) is 3.71. The van der Waals surface area contributed by atoms with Crippen LogP contribution in [0, 0.1) is 5.41 Å². The highest BCUT2D eigenvalue weighted by molar-refractivity contribution is 6.23. The summed E-state index contributed by atoms with van der Waals surface area (Å²) in [5.41, 5.74) is 0.707. The van der Waals surface area contributed by atoms with E-state index in [9.17, 15) is 14.7 Å². The number of aliphatic hydroxyl groups excluding tert-OH is 1.